The van der Waals surface area contributed by atoms with Gasteiger partial charge in [0.1, 0.15) is 0 Å². The standard InChI is InChI=1S/C11H11N2/c1-13-8-7-11(12-13)9-10-5-3-2-4-6-10/h2-7H,9H2,1H3. The molecule has 2 rings (SSSR count). The van der Waals surface area contributed by atoms with Crippen LogP contribution in [0.4, 0.5) is 0 Å². The lowest BCUT2D eigenvalue weighted by Gasteiger charge is -1.96. The molecule has 2 nitrogen and oxygen atoms in total. The second-order valence-corrected chi connectivity index (χ2v) is 3.05. The second-order valence-electron chi connectivity index (χ2n) is 3.05. The molecule has 65 valence electrons. The molecule has 2 heteroatoms. The molecule has 1 radical (unpaired) electrons. The van der Waals surface area contributed by atoms with Gasteiger partial charge in [0, 0.05) is 13.5 Å². The molecule has 0 fully saturated rings. The fourth-order valence-electron chi connectivity index (χ4n) is 1.31. The molecule has 0 amide bonds. The summed E-state index contributed by atoms with van der Waals surface area (Å²) in [5, 5.41) is 4.27. The minimum Gasteiger partial charge on any atom is -0.266 e. The van der Waals surface area contributed by atoms with Crippen LogP contribution in [0.1, 0.15) is 11.3 Å². The van der Waals surface area contributed by atoms with Crippen molar-refractivity contribution in [2.75, 3.05) is 0 Å². The molecule has 1 heterocycles. The average molecular weight is 171 g/mol. The van der Waals surface area contributed by atoms with Crippen LogP contribution in [-0.2, 0) is 13.5 Å². The first kappa shape index (κ1) is 8.05. The van der Waals surface area contributed by atoms with E-state index in [1.807, 2.05) is 31.3 Å². The first-order valence-electron chi connectivity index (χ1n) is 4.29. The van der Waals surface area contributed by atoms with Crippen molar-refractivity contribution in [3.8, 4) is 0 Å². The summed E-state index contributed by atoms with van der Waals surface area (Å²) in [7, 11) is 1.88. The van der Waals surface area contributed by atoms with E-state index in [0.29, 0.717) is 0 Å². The summed E-state index contributed by atoms with van der Waals surface area (Å²) in [4.78, 5) is 0. The SMILES string of the molecule is Cn1[c]cc(Cc2ccccc2)n1. The molecule has 0 N–H and O–H groups in total. The van der Waals surface area contributed by atoms with E-state index in [0.717, 1.165) is 12.1 Å². The number of benzene rings is 1. The van der Waals surface area contributed by atoms with E-state index in [1.54, 1.807) is 4.68 Å². The van der Waals surface area contributed by atoms with Gasteiger partial charge in [0.05, 0.1) is 11.9 Å². The highest BCUT2D eigenvalue weighted by Gasteiger charge is 1.97. The van der Waals surface area contributed by atoms with Crippen LogP contribution in [0.3, 0.4) is 0 Å². The summed E-state index contributed by atoms with van der Waals surface area (Å²) in [6.45, 7) is 0. The fourth-order valence-corrected chi connectivity index (χ4v) is 1.31. The van der Waals surface area contributed by atoms with Gasteiger partial charge in [0.25, 0.3) is 0 Å². The number of hydrogen-bond acceptors (Lipinski definition) is 1. The third kappa shape index (κ3) is 1.96. The van der Waals surface area contributed by atoms with Crippen molar-refractivity contribution in [2.45, 2.75) is 6.42 Å². The minimum absolute atomic E-state index is 0.887. The van der Waals surface area contributed by atoms with Crippen molar-refractivity contribution in [1.29, 1.82) is 0 Å². The Labute approximate surface area is 77.8 Å². The normalized spacial score (nSPS) is 10.2. The van der Waals surface area contributed by atoms with Crippen LogP contribution in [0.2, 0.25) is 0 Å². The van der Waals surface area contributed by atoms with Crippen molar-refractivity contribution < 1.29 is 0 Å². The molecule has 0 atom stereocenters. The van der Waals surface area contributed by atoms with Gasteiger partial charge in [-0.3, -0.25) is 4.68 Å². The van der Waals surface area contributed by atoms with Gasteiger partial charge in [-0.15, -0.1) is 0 Å². The van der Waals surface area contributed by atoms with E-state index in [1.165, 1.54) is 5.56 Å². The molecule has 13 heavy (non-hydrogen) atoms. The van der Waals surface area contributed by atoms with Gasteiger partial charge in [-0.05, 0) is 11.6 Å². The molecule has 0 aliphatic rings. The van der Waals surface area contributed by atoms with Gasteiger partial charge < -0.3 is 0 Å². The van der Waals surface area contributed by atoms with Crippen molar-refractivity contribution in [2.24, 2.45) is 7.05 Å². The van der Waals surface area contributed by atoms with E-state index in [-0.39, 0.29) is 0 Å². The van der Waals surface area contributed by atoms with Crippen LogP contribution in [-0.4, -0.2) is 9.78 Å². The van der Waals surface area contributed by atoms with E-state index >= 15 is 0 Å². The molecule has 1 aromatic heterocycles. The molecule has 0 saturated heterocycles. The predicted octanol–water partition coefficient (Wildman–Crippen LogP) is 1.81. The van der Waals surface area contributed by atoms with Gasteiger partial charge in [0.2, 0.25) is 0 Å². The highest BCUT2D eigenvalue weighted by Crippen LogP contribution is 2.05. The number of hydrogen-bond donors (Lipinski definition) is 0. The van der Waals surface area contributed by atoms with Crippen molar-refractivity contribution in [1.82, 2.24) is 9.78 Å². The summed E-state index contributed by atoms with van der Waals surface area (Å²) in [6.07, 6.45) is 3.88. The van der Waals surface area contributed by atoms with Crippen molar-refractivity contribution >= 4 is 0 Å². The van der Waals surface area contributed by atoms with Gasteiger partial charge in [0.15, 0.2) is 0 Å². The fraction of sp³-hybridized carbons (Fsp3) is 0.182. The Morgan fingerprint density at radius 1 is 1.31 bits per heavy atom. The summed E-state index contributed by atoms with van der Waals surface area (Å²) in [6, 6.07) is 12.2. The lowest BCUT2D eigenvalue weighted by Crippen LogP contribution is -1.92. The summed E-state index contributed by atoms with van der Waals surface area (Å²) >= 11 is 0. The molecular formula is C11H11N2. The van der Waals surface area contributed by atoms with Crippen molar-refractivity contribution in [3.05, 3.63) is 53.9 Å². The zero-order valence-corrected chi connectivity index (χ0v) is 7.57. The molecular weight excluding hydrogens is 160 g/mol. The maximum Gasteiger partial charge on any atom is 0.0862 e. The third-order valence-electron chi connectivity index (χ3n) is 1.92. The van der Waals surface area contributed by atoms with Crippen LogP contribution >= 0.6 is 0 Å². The molecule has 1 aromatic carbocycles. The zero-order valence-electron chi connectivity index (χ0n) is 7.57. The third-order valence-corrected chi connectivity index (χ3v) is 1.92. The first-order chi connectivity index (χ1) is 6.34. The van der Waals surface area contributed by atoms with E-state index in [2.05, 4.69) is 23.4 Å². The quantitative estimate of drug-likeness (QED) is 0.673. The van der Waals surface area contributed by atoms with Gasteiger partial charge in [-0.1, -0.05) is 30.3 Å². The molecule has 0 aliphatic heterocycles. The lowest BCUT2D eigenvalue weighted by molar-refractivity contribution is 0.744. The Hall–Kier alpha value is -1.57. The van der Waals surface area contributed by atoms with E-state index in [9.17, 15) is 0 Å². The Morgan fingerprint density at radius 3 is 2.69 bits per heavy atom. The van der Waals surface area contributed by atoms with Crippen LogP contribution in [0, 0.1) is 6.20 Å². The zero-order chi connectivity index (χ0) is 9.10. The highest BCUT2D eigenvalue weighted by atomic mass is 15.2. The number of aromatic nitrogens is 2. The largest absolute Gasteiger partial charge is 0.266 e. The van der Waals surface area contributed by atoms with Crippen LogP contribution in [0.25, 0.3) is 0 Å². The maximum atomic E-state index is 4.27. The summed E-state index contributed by atoms with van der Waals surface area (Å²) in [5.74, 6) is 0. The second kappa shape index (κ2) is 3.44. The Bertz CT molecular complexity index is 376. The maximum absolute atomic E-state index is 4.27. The molecule has 0 saturated carbocycles. The predicted molar refractivity (Wildman–Crippen MR) is 51.3 cm³/mol. The van der Waals surface area contributed by atoms with Gasteiger partial charge in [-0.2, -0.15) is 5.10 Å². The van der Waals surface area contributed by atoms with E-state index < -0.39 is 0 Å². The first-order valence-corrected chi connectivity index (χ1v) is 4.29. The number of rotatable bonds is 2. The Morgan fingerprint density at radius 2 is 2.08 bits per heavy atom. The van der Waals surface area contributed by atoms with Gasteiger partial charge in [-0.25, -0.2) is 0 Å². The highest BCUT2D eigenvalue weighted by molar-refractivity contribution is 5.20. The van der Waals surface area contributed by atoms with Crippen LogP contribution in [0.5, 0.6) is 0 Å². The molecule has 0 aliphatic carbocycles. The minimum atomic E-state index is 0.887. The molecule has 0 bridgehead atoms. The monoisotopic (exact) mass is 171 g/mol. The topological polar surface area (TPSA) is 17.8 Å². The Balaban J connectivity index is 2.15. The van der Waals surface area contributed by atoms with Crippen molar-refractivity contribution in [3.63, 3.8) is 0 Å². The van der Waals surface area contributed by atoms with Crippen LogP contribution in [0.15, 0.2) is 36.4 Å². The molecule has 2 aromatic rings. The summed E-state index contributed by atoms with van der Waals surface area (Å²) < 4.78 is 1.71. The number of nitrogens with zero attached hydrogens (tertiary/aromatic N) is 2. The number of aryl methyl sites for hydroxylation is 1. The Kier molecular flexibility index (Phi) is 2.13. The van der Waals surface area contributed by atoms with E-state index in [4.69, 9.17) is 0 Å². The summed E-state index contributed by atoms with van der Waals surface area (Å²) in [5.41, 5.74) is 2.35. The van der Waals surface area contributed by atoms with Gasteiger partial charge >= 0.3 is 0 Å². The van der Waals surface area contributed by atoms with Crippen LogP contribution < -0.4 is 0 Å². The lowest BCUT2D eigenvalue weighted by atomic mass is 10.1. The molecule has 0 spiro atoms. The smallest absolute Gasteiger partial charge is 0.0862 e. The molecule has 0 unspecified atom stereocenters. The average Bonchev–Trinajstić information content (AvgIpc) is 2.53.